The zero-order valence-corrected chi connectivity index (χ0v) is 28.9. The molecule has 0 radical (unpaired) electrons. The molecule has 10 heteroatoms. The molecule has 0 aliphatic heterocycles. The minimum atomic E-state index is -4.20. The number of halogens is 2. The average Bonchev–Trinajstić information content (AvgIpc) is 3.57. The number of hydrogen-bond acceptors (Lipinski definition) is 4. The Bertz CT molecular complexity index is 1790. The molecule has 1 fully saturated rings. The van der Waals surface area contributed by atoms with Gasteiger partial charge in [0.2, 0.25) is 11.8 Å². The Balaban J connectivity index is 1.61. The van der Waals surface area contributed by atoms with Crippen LogP contribution in [0, 0.1) is 13.8 Å². The van der Waals surface area contributed by atoms with E-state index in [1.165, 1.54) is 17.0 Å². The van der Waals surface area contributed by atoms with Gasteiger partial charge in [0.1, 0.15) is 12.6 Å². The fraction of sp³-hybridized carbons (Fsp3) is 0.297. The summed E-state index contributed by atoms with van der Waals surface area (Å²) in [6.45, 7) is 3.03. The van der Waals surface area contributed by atoms with Crippen LogP contribution >= 0.6 is 23.2 Å². The molecule has 1 unspecified atom stereocenters. The second-order valence-corrected chi connectivity index (χ2v) is 14.7. The molecule has 4 aromatic rings. The second kappa shape index (κ2) is 15.4. The molecule has 4 aromatic carbocycles. The minimum absolute atomic E-state index is 0.00604. The highest BCUT2D eigenvalue weighted by molar-refractivity contribution is 7.92. The lowest BCUT2D eigenvalue weighted by Crippen LogP contribution is -2.54. The Hall–Kier alpha value is -3.85. The molecule has 0 heterocycles. The lowest BCUT2D eigenvalue weighted by molar-refractivity contribution is -0.140. The quantitative estimate of drug-likeness (QED) is 0.167. The lowest BCUT2D eigenvalue weighted by Gasteiger charge is -2.35. The van der Waals surface area contributed by atoms with E-state index in [0.717, 1.165) is 41.1 Å². The Kier molecular flexibility index (Phi) is 11.3. The van der Waals surface area contributed by atoms with Gasteiger partial charge in [0.25, 0.3) is 10.0 Å². The van der Waals surface area contributed by atoms with Gasteiger partial charge in [-0.3, -0.25) is 13.9 Å². The lowest BCUT2D eigenvalue weighted by atomic mass is 10.0. The van der Waals surface area contributed by atoms with Crippen molar-refractivity contribution in [1.29, 1.82) is 0 Å². The summed E-state index contributed by atoms with van der Waals surface area (Å²) in [4.78, 5) is 30.4. The summed E-state index contributed by atoms with van der Waals surface area (Å²) in [5, 5.41) is 3.86. The summed E-state index contributed by atoms with van der Waals surface area (Å²) in [7, 11) is -4.20. The van der Waals surface area contributed by atoms with Gasteiger partial charge in [-0.05, 0) is 73.7 Å². The largest absolute Gasteiger partial charge is 0.352 e. The van der Waals surface area contributed by atoms with Crippen molar-refractivity contribution >= 4 is 50.7 Å². The van der Waals surface area contributed by atoms with Gasteiger partial charge >= 0.3 is 0 Å². The molecule has 0 spiro atoms. The fourth-order valence-corrected chi connectivity index (χ4v) is 8.00. The molecule has 1 atom stereocenters. The first-order chi connectivity index (χ1) is 22.5. The molecule has 246 valence electrons. The van der Waals surface area contributed by atoms with Crippen molar-refractivity contribution in [3.05, 3.63) is 129 Å². The smallest absolute Gasteiger partial charge is 0.264 e. The second-order valence-electron chi connectivity index (χ2n) is 12.0. The fourth-order valence-electron chi connectivity index (χ4n) is 6.00. The SMILES string of the molecule is Cc1ccc(C)c(N(CC(=O)N(Cc2c(Cl)cccc2Cl)C(Cc2ccccc2)C(=O)NC2CCCC2)S(=O)(=O)c2ccccc2)c1. The van der Waals surface area contributed by atoms with E-state index in [1.807, 2.05) is 49.4 Å². The predicted octanol–water partition coefficient (Wildman–Crippen LogP) is 7.50. The monoisotopic (exact) mass is 691 g/mol. The van der Waals surface area contributed by atoms with Crippen molar-refractivity contribution < 1.29 is 18.0 Å². The van der Waals surface area contributed by atoms with E-state index in [2.05, 4.69) is 5.32 Å². The summed E-state index contributed by atoms with van der Waals surface area (Å²) in [6, 6.07) is 27.1. The highest BCUT2D eigenvalue weighted by Crippen LogP contribution is 2.31. The maximum absolute atomic E-state index is 14.8. The van der Waals surface area contributed by atoms with Crippen molar-refractivity contribution in [3.63, 3.8) is 0 Å². The van der Waals surface area contributed by atoms with E-state index in [0.29, 0.717) is 26.9 Å². The molecule has 1 aliphatic carbocycles. The molecule has 2 amide bonds. The third-order valence-corrected chi connectivity index (χ3v) is 11.1. The first kappa shape index (κ1) is 34.5. The number of rotatable bonds is 12. The maximum atomic E-state index is 14.8. The molecule has 1 N–H and O–H groups in total. The first-order valence-electron chi connectivity index (χ1n) is 15.8. The van der Waals surface area contributed by atoms with Gasteiger partial charge in [0.15, 0.2) is 0 Å². The van der Waals surface area contributed by atoms with E-state index in [-0.39, 0.29) is 29.8 Å². The minimum Gasteiger partial charge on any atom is -0.352 e. The Morgan fingerprint density at radius 2 is 1.47 bits per heavy atom. The van der Waals surface area contributed by atoms with Crippen molar-refractivity contribution in [2.24, 2.45) is 0 Å². The van der Waals surface area contributed by atoms with Crippen molar-refractivity contribution in [3.8, 4) is 0 Å². The molecule has 1 saturated carbocycles. The van der Waals surface area contributed by atoms with Crippen LogP contribution in [0.5, 0.6) is 0 Å². The van der Waals surface area contributed by atoms with Crippen LogP contribution in [0.15, 0.2) is 102 Å². The van der Waals surface area contributed by atoms with Crippen LogP contribution in [0.1, 0.15) is 47.9 Å². The number of benzene rings is 4. The Morgan fingerprint density at radius 3 is 2.11 bits per heavy atom. The molecule has 0 saturated heterocycles. The van der Waals surface area contributed by atoms with Gasteiger partial charge < -0.3 is 10.2 Å². The van der Waals surface area contributed by atoms with Crippen molar-refractivity contribution in [1.82, 2.24) is 10.2 Å². The number of sulfonamides is 1. The number of nitrogens with one attached hydrogen (secondary N) is 1. The third kappa shape index (κ3) is 8.36. The normalized spacial score (nSPS) is 14.0. The van der Waals surface area contributed by atoms with E-state index in [4.69, 9.17) is 23.2 Å². The molecule has 7 nitrogen and oxygen atoms in total. The summed E-state index contributed by atoms with van der Waals surface area (Å²) in [5.41, 5.74) is 3.23. The van der Waals surface area contributed by atoms with E-state index >= 15 is 0 Å². The van der Waals surface area contributed by atoms with Crippen molar-refractivity contribution in [2.75, 3.05) is 10.8 Å². The summed E-state index contributed by atoms with van der Waals surface area (Å²) >= 11 is 13.2. The number of carbonyl (C=O) groups is 2. The van der Waals surface area contributed by atoms with Gasteiger partial charge in [0.05, 0.1) is 10.6 Å². The number of hydrogen-bond donors (Lipinski definition) is 1. The predicted molar refractivity (Wildman–Crippen MR) is 188 cm³/mol. The topological polar surface area (TPSA) is 86.8 Å². The maximum Gasteiger partial charge on any atom is 0.264 e. The Morgan fingerprint density at radius 1 is 0.851 bits per heavy atom. The van der Waals surface area contributed by atoms with Gasteiger partial charge in [-0.2, -0.15) is 0 Å². The van der Waals surface area contributed by atoms with Crippen LogP contribution in [-0.4, -0.2) is 43.8 Å². The third-order valence-electron chi connectivity index (χ3n) is 8.61. The molecular weight excluding hydrogens is 653 g/mol. The standard InChI is InChI=1S/C37H39Cl2N3O4S/c1-26-20-21-27(2)34(22-26)42(47(45,46)30-16-7-4-8-17-30)25-36(43)41(24-31-32(38)18-11-19-33(31)39)35(23-28-12-5-3-6-13-28)37(44)40-29-14-9-10-15-29/h3-8,11-13,16-22,29,35H,9-10,14-15,23-25H2,1-2H3,(H,40,44). The Labute approximate surface area is 287 Å². The van der Waals surface area contributed by atoms with Crippen LogP contribution in [0.25, 0.3) is 0 Å². The highest BCUT2D eigenvalue weighted by atomic mass is 35.5. The summed E-state index contributed by atoms with van der Waals surface area (Å²) in [5.74, 6) is -0.870. The molecule has 0 bridgehead atoms. The molecule has 0 aromatic heterocycles. The van der Waals surface area contributed by atoms with Crippen LogP contribution in [0.3, 0.4) is 0 Å². The van der Waals surface area contributed by atoms with Crippen molar-refractivity contribution in [2.45, 2.75) is 69.5 Å². The number of nitrogens with zero attached hydrogens (tertiary/aromatic N) is 2. The van der Waals surface area contributed by atoms with Gasteiger partial charge in [-0.15, -0.1) is 0 Å². The molecule has 47 heavy (non-hydrogen) atoms. The van der Waals surface area contributed by atoms with Crippen LogP contribution in [-0.2, 0) is 32.6 Å². The zero-order valence-electron chi connectivity index (χ0n) is 26.5. The van der Waals surface area contributed by atoms with Gasteiger partial charge in [-0.25, -0.2) is 8.42 Å². The number of aryl methyl sites for hydroxylation is 2. The molecule has 1 aliphatic rings. The molecule has 5 rings (SSSR count). The molecular formula is C37H39Cl2N3O4S. The number of amides is 2. The van der Waals surface area contributed by atoms with Gasteiger partial charge in [0, 0.05) is 34.6 Å². The highest BCUT2D eigenvalue weighted by Gasteiger charge is 2.36. The van der Waals surface area contributed by atoms with E-state index in [1.54, 1.807) is 49.4 Å². The van der Waals surface area contributed by atoms with Crippen LogP contribution in [0.2, 0.25) is 10.0 Å². The van der Waals surface area contributed by atoms with Crippen LogP contribution < -0.4 is 9.62 Å². The van der Waals surface area contributed by atoms with E-state index in [9.17, 15) is 18.0 Å². The number of carbonyl (C=O) groups excluding carboxylic acids is 2. The van der Waals surface area contributed by atoms with E-state index < -0.39 is 28.5 Å². The summed E-state index contributed by atoms with van der Waals surface area (Å²) < 4.78 is 29.7. The van der Waals surface area contributed by atoms with Gasteiger partial charge in [-0.1, -0.05) is 103 Å². The number of anilines is 1. The van der Waals surface area contributed by atoms with Crippen LogP contribution in [0.4, 0.5) is 5.69 Å². The summed E-state index contributed by atoms with van der Waals surface area (Å²) in [6.07, 6.45) is 3.98. The zero-order chi connectivity index (χ0) is 33.6. The average molecular weight is 693 g/mol. The first-order valence-corrected chi connectivity index (χ1v) is 18.0.